The summed E-state index contributed by atoms with van der Waals surface area (Å²) in [5.41, 5.74) is 1.26. The van der Waals surface area contributed by atoms with Crippen LogP contribution < -0.4 is 16.0 Å². The number of carbonyl (C=O) groups excluding carboxylic acids is 4. The van der Waals surface area contributed by atoms with Crippen molar-refractivity contribution < 1.29 is 23.9 Å². The fourth-order valence-corrected chi connectivity index (χ4v) is 5.56. The maximum atomic E-state index is 13.8. The quantitative estimate of drug-likeness (QED) is 0.500. The molecule has 37 heavy (non-hydrogen) atoms. The molecule has 0 aromatic heterocycles. The molecule has 3 aliphatic rings. The van der Waals surface area contributed by atoms with Gasteiger partial charge in [0, 0.05) is 48.7 Å². The zero-order chi connectivity index (χ0) is 26.3. The third-order valence-electron chi connectivity index (χ3n) is 7.60. The van der Waals surface area contributed by atoms with Crippen molar-refractivity contribution in [2.24, 2.45) is 5.92 Å². The Kier molecular flexibility index (Phi) is 6.58. The predicted octanol–water partition coefficient (Wildman–Crippen LogP) is 4.26. The second kappa shape index (κ2) is 9.70. The van der Waals surface area contributed by atoms with Crippen molar-refractivity contribution >= 4 is 41.2 Å². The minimum absolute atomic E-state index is 0.0447. The highest BCUT2D eigenvalue weighted by molar-refractivity contribution is 6.30. The SMILES string of the molecule is CNC(=O)Nc1ccc2c(c1)C(CC(=O)N(Cc1ccc(Cl)cc1)[C@@H](C)C1CC1)C[C@@]21OC(=O)NC1=O. The molecule has 2 fully saturated rings. The molecule has 5 amide bonds. The van der Waals surface area contributed by atoms with Gasteiger partial charge in [-0.05, 0) is 67.0 Å². The molecular weight excluding hydrogens is 496 g/mol. The van der Waals surface area contributed by atoms with E-state index in [2.05, 4.69) is 22.9 Å². The van der Waals surface area contributed by atoms with Gasteiger partial charge in [-0.1, -0.05) is 29.8 Å². The van der Waals surface area contributed by atoms with E-state index in [1.54, 1.807) is 18.2 Å². The van der Waals surface area contributed by atoms with Crippen molar-refractivity contribution in [3.63, 3.8) is 0 Å². The van der Waals surface area contributed by atoms with Crippen LogP contribution in [0.15, 0.2) is 42.5 Å². The molecule has 1 saturated carbocycles. The number of benzene rings is 2. The van der Waals surface area contributed by atoms with Crippen molar-refractivity contribution in [3.8, 4) is 0 Å². The number of carbonyl (C=O) groups is 4. The summed E-state index contributed by atoms with van der Waals surface area (Å²) in [6, 6.07) is 12.2. The molecule has 1 heterocycles. The second-order valence-electron chi connectivity index (χ2n) is 10.0. The number of anilines is 1. The number of ether oxygens (including phenoxy) is 1. The third kappa shape index (κ3) is 4.87. The van der Waals surface area contributed by atoms with E-state index >= 15 is 0 Å². The van der Waals surface area contributed by atoms with E-state index < -0.39 is 23.6 Å². The van der Waals surface area contributed by atoms with E-state index in [-0.39, 0.29) is 30.7 Å². The number of nitrogens with zero attached hydrogens (tertiary/aromatic N) is 1. The molecule has 10 heteroatoms. The zero-order valence-corrected chi connectivity index (χ0v) is 21.4. The normalized spacial score (nSPS) is 22.7. The number of urea groups is 1. The fourth-order valence-electron chi connectivity index (χ4n) is 5.43. The lowest BCUT2D eigenvalue weighted by Crippen LogP contribution is -2.40. The number of imide groups is 1. The number of fused-ring (bicyclic) bond motifs is 2. The van der Waals surface area contributed by atoms with Crippen molar-refractivity contribution in [1.29, 1.82) is 0 Å². The van der Waals surface area contributed by atoms with Crippen LogP contribution >= 0.6 is 11.6 Å². The molecule has 2 aromatic rings. The zero-order valence-electron chi connectivity index (χ0n) is 20.7. The molecule has 1 spiro atoms. The van der Waals surface area contributed by atoms with Gasteiger partial charge in [0.15, 0.2) is 0 Å². The predicted molar refractivity (Wildman–Crippen MR) is 137 cm³/mol. The van der Waals surface area contributed by atoms with E-state index in [0.717, 1.165) is 18.4 Å². The monoisotopic (exact) mass is 524 g/mol. The van der Waals surface area contributed by atoms with Gasteiger partial charge in [0.2, 0.25) is 11.5 Å². The maximum absolute atomic E-state index is 13.8. The first-order valence-corrected chi connectivity index (χ1v) is 12.8. The number of amides is 5. The van der Waals surface area contributed by atoms with E-state index in [1.165, 1.54) is 7.05 Å². The number of halogens is 1. The van der Waals surface area contributed by atoms with Gasteiger partial charge in [0.05, 0.1) is 0 Å². The Morgan fingerprint density at radius 1 is 1.19 bits per heavy atom. The van der Waals surface area contributed by atoms with Crippen LogP contribution in [-0.4, -0.2) is 41.9 Å². The molecule has 194 valence electrons. The molecule has 0 radical (unpaired) electrons. The molecule has 5 rings (SSSR count). The van der Waals surface area contributed by atoms with E-state index in [0.29, 0.717) is 34.3 Å². The van der Waals surface area contributed by atoms with Gasteiger partial charge >= 0.3 is 12.1 Å². The molecule has 2 aliphatic carbocycles. The average molecular weight is 525 g/mol. The molecule has 1 unspecified atom stereocenters. The first-order valence-electron chi connectivity index (χ1n) is 12.4. The first-order chi connectivity index (χ1) is 17.7. The van der Waals surface area contributed by atoms with Gasteiger partial charge in [-0.25, -0.2) is 9.59 Å². The number of rotatable bonds is 7. The highest BCUT2D eigenvalue weighted by Crippen LogP contribution is 2.51. The van der Waals surface area contributed by atoms with Crippen LogP contribution in [0.2, 0.25) is 5.02 Å². The summed E-state index contributed by atoms with van der Waals surface area (Å²) in [7, 11) is 1.51. The van der Waals surface area contributed by atoms with Crippen LogP contribution in [0.25, 0.3) is 0 Å². The van der Waals surface area contributed by atoms with Crippen molar-refractivity contribution in [1.82, 2.24) is 15.5 Å². The topological polar surface area (TPSA) is 117 Å². The first kappa shape index (κ1) is 25.1. The van der Waals surface area contributed by atoms with Crippen LogP contribution in [0.1, 0.15) is 55.2 Å². The van der Waals surface area contributed by atoms with E-state index in [9.17, 15) is 19.2 Å². The van der Waals surface area contributed by atoms with Crippen LogP contribution in [-0.2, 0) is 26.5 Å². The lowest BCUT2D eigenvalue weighted by molar-refractivity contribution is -0.136. The van der Waals surface area contributed by atoms with Crippen LogP contribution in [0.3, 0.4) is 0 Å². The molecule has 1 saturated heterocycles. The Labute approximate surface area is 219 Å². The Morgan fingerprint density at radius 2 is 1.92 bits per heavy atom. The maximum Gasteiger partial charge on any atom is 0.415 e. The van der Waals surface area contributed by atoms with E-state index in [1.807, 2.05) is 29.2 Å². The van der Waals surface area contributed by atoms with Gasteiger partial charge < -0.3 is 20.3 Å². The summed E-state index contributed by atoms with van der Waals surface area (Å²) in [5, 5.41) is 8.11. The highest BCUT2D eigenvalue weighted by Gasteiger charge is 2.57. The Hall–Kier alpha value is -3.59. The van der Waals surface area contributed by atoms with Crippen molar-refractivity contribution in [2.45, 2.75) is 56.7 Å². The molecule has 0 bridgehead atoms. The summed E-state index contributed by atoms with van der Waals surface area (Å²) >= 11 is 6.05. The van der Waals surface area contributed by atoms with Gasteiger partial charge in [0.25, 0.3) is 5.91 Å². The Bertz CT molecular complexity index is 1260. The van der Waals surface area contributed by atoms with Gasteiger partial charge in [-0.2, -0.15) is 0 Å². The van der Waals surface area contributed by atoms with Gasteiger partial charge in [-0.3, -0.25) is 14.9 Å². The number of nitrogens with one attached hydrogen (secondary N) is 3. The van der Waals surface area contributed by atoms with Gasteiger partial charge in [-0.15, -0.1) is 0 Å². The molecule has 3 N–H and O–H groups in total. The number of hydrogen-bond donors (Lipinski definition) is 3. The summed E-state index contributed by atoms with van der Waals surface area (Å²) in [5.74, 6) is -0.505. The van der Waals surface area contributed by atoms with Crippen molar-refractivity contribution in [2.75, 3.05) is 12.4 Å². The lowest BCUT2D eigenvalue weighted by Gasteiger charge is -2.31. The third-order valence-corrected chi connectivity index (χ3v) is 7.85. The average Bonchev–Trinajstić information content (AvgIpc) is 3.62. The van der Waals surface area contributed by atoms with Gasteiger partial charge in [0.1, 0.15) is 0 Å². The largest absolute Gasteiger partial charge is 0.427 e. The summed E-state index contributed by atoms with van der Waals surface area (Å²) in [6.45, 7) is 2.53. The lowest BCUT2D eigenvalue weighted by atomic mass is 9.93. The highest BCUT2D eigenvalue weighted by atomic mass is 35.5. The Morgan fingerprint density at radius 3 is 2.54 bits per heavy atom. The Balaban J connectivity index is 1.44. The standard InChI is InChI=1S/C27H29ClN4O5/c1-15(17-5-6-17)32(14-16-3-7-19(28)8-4-16)23(33)11-18-13-27(24(34)31-26(36)37-27)22-10-9-20(12-21(18)22)30-25(35)29-2/h3-4,7-10,12,15,17-18H,5-6,11,13-14H2,1-2H3,(H2,29,30,35)(H,31,34,36)/t15-,18?,27+/m0/s1. The number of alkyl carbamates (subject to hydrolysis) is 1. The molecule has 1 aliphatic heterocycles. The minimum atomic E-state index is -1.48. The summed E-state index contributed by atoms with van der Waals surface area (Å²) in [6.07, 6.45) is 1.66. The molecule has 3 atom stereocenters. The van der Waals surface area contributed by atoms with Crippen molar-refractivity contribution in [3.05, 3.63) is 64.2 Å². The summed E-state index contributed by atoms with van der Waals surface area (Å²) < 4.78 is 5.53. The molecule has 2 aromatic carbocycles. The second-order valence-corrected chi connectivity index (χ2v) is 10.4. The van der Waals surface area contributed by atoms with Crippen LogP contribution in [0.4, 0.5) is 15.3 Å². The summed E-state index contributed by atoms with van der Waals surface area (Å²) in [4.78, 5) is 52.5. The van der Waals surface area contributed by atoms with Crippen LogP contribution in [0, 0.1) is 5.92 Å². The van der Waals surface area contributed by atoms with E-state index in [4.69, 9.17) is 16.3 Å². The molecule has 9 nitrogen and oxygen atoms in total. The molecular formula is C27H29ClN4O5. The minimum Gasteiger partial charge on any atom is -0.427 e. The fraction of sp³-hybridized carbons (Fsp3) is 0.407. The van der Waals surface area contributed by atoms with Crippen LogP contribution in [0.5, 0.6) is 0 Å². The number of hydrogen-bond acceptors (Lipinski definition) is 5. The smallest absolute Gasteiger partial charge is 0.415 e.